The average Bonchev–Trinajstić information content (AvgIpc) is 3.58. The molecular formula is C24H22Cl3N7O4S. The molecule has 11 nitrogen and oxygen atoms in total. The smallest absolute Gasteiger partial charge is 0.280 e. The highest BCUT2D eigenvalue weighted by molar-refractivity contribution is 7.12. The summed E-state index contributed by atoms with van der Waals surface area (Å²) in [6.45, 7) is 2.63. The normalized spacial score (nSPS) is 13.8. The molecule has 1 aromatic carbocycles. The Balaban J connectivity index is 1.39. The maximum absolute atomic E-state index is 12.8. The van der Waals surface area contributed by atoms with Crippen molar-refractivity contribution in [3.05, 3.63) is 60.5 Å². The number of unbranched alkanes of at least 4 members (excludes halogenated alkanes) is 1. The summed E-state index contributed by atoms with van der Waals surface area (Å²) < 4.78 is 5.67. The monoisotopic (exact) mass is 609 g/mol. The van der Waals surface area contributed by atoms with Gasteiger partial charge in [-0.3, -0.25) is 30.4 Å². The molecule has 0 bridgehead atoms. The van der Waals surface area contributed by atoms with E-state index in [4.69, 9.17) is 50.7 Å². The molecule has 2 aromatic heterocycles. The highest BCUT2D eigenvalue weighted by Crippen LogP contribution is 2.43. The van der Waals surface area contributed by atoms with Crippen molar-refractivity contribution in [3.63, 3.8) is 0 Å². The van der Waals surface area contributed by atoms with Crippen LogP contribution in [0.4, 0.5) is 11.6 Å². The van der Waals surface area contributed by atoms with E-state index in [2.05, 4.69) is 25.9 Å². The van der Waals surface area contributed by atoms with Gasteiger partial charge >= 0.3 is 0 Å². The third-order valence-electron chi connectivity index (χ3n) is 5.59. The number of guanidine groups is 1. The zero-order chi connectivity index (χ0) is 28.3. The largest absolute Gasteiger partial charge is 0.478 e. The van der Waals surface area contributed by atoms with Crippen LogP contribution in [0, 0.1) is 5.41 Å². The molecule has 0 saturated heterocycles. The summed E-state index contributed by atoms with van der Waals surface area (Å²) in [5.41, 5.74) is 6.24. The number of benzene rings is 1. The summed E-state index contributed by atoms with van der Waals surface area (Å²) in [5.74, 6) is -2.38. The first kappa shape index (κ1) is 28.6. The van der Waals surface area contributed by atoms with Crippen LogP contribution < -0.4 is 26.4 Å². The number of ether oxygens (including phenoxy) is 1. The number of hydrogen-bond acceptors (Lipinski definition) is 10. The van der Waals surface area contributed by atoms with Gasteiger partial charge < -0.3 is 15.8 Å². The highest BCUT2D eigenvalue weighted by atomic mass is 35.5. The fourth-order valence-corrected chi connectivity index (χ4v) is 5.04. The molecule has 6 N–H and O–H groups in total. The van der Waals surface area contributed by atoms with Gasteiger partial charge in [0.1, 0.15) is 10.8 Å². The summed E-state index contributed by atoms with van der Waals surface area (Å²) in [4.78, 5) is 46.7. The highest BCUT2D eigenvalue weighted by Gasteiger charge is 2.34. The maximum Gasteiger partial charge on any atom is 0.280 e. The van der Waals surface area contributed by atoms with E-state index in [1.807, 2.05) is 6.92 Å². The van der Waals surface area contributed by atoms with Gasteiger partial charge in [0.2, 0.25) is 11.7 Å². The zero-order valence-electron chi connectivity index (χ0n) is 20.4. The Morgan fingerprint density at radius 1 is 1.21 bits per heavy atom. The van der Waals surface area contributed by atoms with Crippen molar-refractivity contribution in [2.45, 2.75) is 32.3 Å². The molecule has 0 spiro atoms. The molecule has 1 aliphatic heterocycles. The quantitative estimate of drug-likeness (QED) is 0.109. The molecular weight excluding hydrogens is 589 g/mol. The van der Waals surface area contributed by atoms with Crippen molar-refractivity contribution in [3.8, 4) is 5.75 Å². The van der Waals surface area contributed by atoms with E-state index in [0.717, 1.165) is 12.8 Å². The lowest BCUT2D eigenvalue weighted by Crippen LogP contribution is -2.48. The van der Waals surface area contributed by atoms with Gasteiger partial charge in [0, 0.05) is 24.1 Å². The van der Waals surface area contributed by atoms with Gasteiger partial charge in [-0.1, -0.05) is 54.2 Å². The second-order valence-corrected chi connectivity index (χ2v) is 10.4. The Morgan fingerprint density at radius 3 is 2.67 bits per heavy atom. The zero-order valence-corrected chi connectivity index (χ0v) is 23.4. The van der Waals surface area contributed by atoms with Crippen LogP contribution in [0.2, 0.25) is 15.2 Å². The minimum absolute atomic E-state index is 0.00584. The van der Waals surface area contributed by atoms with Crippen LogP contribution in [-0.2, 0) is 11.2 Å². The number of ketones is 1. The molecule has 0 radical (unpaired) electrons. The average molecular weight is 611 g/mol. The van der Waals surface area contributed by atoms with Crippen LogP contribution in [0.15, 0.2) is 23.6 Å². The fraction of sp³-hybridized carbons (Fsp3) is 0.250. The molecule has 1 atom stereocenters. The van der Waals surface area contributed by atoms with Crippen molar-refractivity contribution in [2.24, 2.45) is 0 Å². The lowest BCUT2D eigenvalue weighted by atomic mass is 10.0. The Morgan fingerprint density at radius 2 is 1.97 bits per heavy atom. The molecule has 0 aliphatic carbocycles. The molecule has 3 aromatic rings. The number of aromatic nitrogens is 2. The minimum atomic E-state index is -1.09. The first-order valence-electron chi connectivity index (χ1n) is 11.6. The maximum atomic E-state index is 12.8. The Bertz CT molecular complexity index is 1470. The van der Waals surface area contributed by atoms with E-state index in [0.29, 0.717) is 17.0 Å². The molecule has 204 valence electrons. The molecule has 3 heterocycles. The van der Waals surface area contributed by atoms with Crippen molar-refractivity contribution in [1.29, 1.82) is 5.41 Å². The van der Waals surface area contributed by atoms with Crippen LogP contribution in [0.3, 0.4) is 0 Å². The number of halogens is 3. The second-order valence-electron chi connectivity index (χ2n) is 8.35. The Kier molecular flexibility index (Phi) is 8.90. The number of carbonyl (C=O) groups excluding carboxylic acids is 3. The van der Waals surface area contributed by atoms with Gasteiger partial charge in [-0.15, -0.1) is 11.3 Å². The number of amides is 2. The number of carbonyl (C=O) groups is 3. The Labute approximate surface area is 241 Å². The summed E-state index contributed by atoms with van der Waals surface area (Å²) in [7, 11) is 0. The molecule has 15 heteroatoms. The van der Waals surface area contributed by atoms with Crippen LogP contribution in [-0.4, -0.2) is 46.2 Å². The van der Waals surface area contributed by atoms with Crippen molar-refractivity contribution in [1.82, 2.24) is 20.6 Å². The summed E-state index contributed by atoms with van der Waals surface area (Å²) >= 11 is 20.1. The van der Waals surface area contributed by atoms with E-state index in [9.17, 15) is 14.4 Å². The van der Waals surface area contributed by atoms with E-state index in [1.165, 1.54) is 17.4 Å². The van der Waals surface area contributed by atoms with Gasteiger partial charge in [0.25, 0.3) is 11.8 Å². The van der Waals surface area contributed by atoms with Crippen molar-refractivity contribution < 1.29 is 19.1 Å². The number of nitrogens with two attached hydrogens (primary N) is 1. The van der Waals surface area contributed by atoms with E-state index >= 15 is 0 Å². The number of anilines is 2. The summed E-state index contributed by atoms with van der Waals surface area (Å²) in [6.07, 6.45) is 0.799. The van der Waals surface area contributed by atoms with E-state index in [1.54, 1.807) is 17.5 Å². The van der Waals surface area contributed by atoms with Crippen LogP contribution >= 0.6 is 46.1 Å². The number of nitrogens with one attached hydrogen (secondary N) is 4. The van der Waals surface area contributed by atoms with Crippen molar-refractivity contribution in [2.75, 3.05) is 17.6 Å². The fourth-order valence-electron chi connectivity index (χ4n) is 3.68. The van der Waals surface area contributed by atoms with Crippen molar-refractivity contribution >= 4 is 81.3 Å². The Hall–Kier alpha value is -3.45. The van der Waals surface area contributed by atoms with Crippen LogP contribution in [0.25, 0.3) is 0 Å². The molecule has 0 saturated carbocycles. The number of nitrogens with zero attached hydrogens (tertiary/aromatic N) is 2. The molecule has 4 rings (SSSR count). The van der Waals surface area contributed by atoms with Gasteiger partial charge in [-0.05, 0) is 23.9 Å². The van der Waals surface area contributed by atoms with Gasteiger partial charge in [0.05, 0.1) is 9.90 Å². The predicted molar refractivity (Wildman–Crippen MR) is 151 cm³/mol. The van der Waals surface area contributed by atoms with E-state index in [-0.39, 0.29) is 56.0 Å². The first-order chi connectivity index (χ1) is 18.6. The lowest BCUT2D eigenvalue weighted by Gasteiger charge is -2.14. The number of nitrogen functional groups attached to an aromatic ring is 1. The lowest BCUT2D eigenvalue weighted by molar-refractivity contribution is -0.125. The summed E-state index contributed by atoms with van der Waals surface area (Å²) in [5, 5.41) is 17.1. The van der Waals surface area contributed by atoms with Crippen LogP contribution in [0.1, 0.15) is 51.1 Å². The topological polar surface area (TPSA) is 172 Å². The standard InChI is InChI=1S/C24H22Cl3N7O4S/c1-2-3-6-30-21-19(27)31-16(20(28)32-21)23(37)34-24(29)33-22(36)12-9-10-8-11(14(25)15(26)18(10)38-12)17(35)13-5-4-7-39-13/h4-5,7-8,12H,2-3,6,9H2,1H3,(H3,28,30,32)(H3,29,33,34,36,37). The molecule has 1 unspecified atom stereocenters. The summed E-state index contributed by atoms with van der Waals surface area (Å²) in [6, 6.07) is 4.95. The SMILES string of the molecule is CCCCNc1nc(N)c(C(=O)NC(=N)NC(=O)C2Cc3cc(C(=O)c4cccs4)c(Cl)c(Cl)c3O2)nc1Cl. The third-order valence-corrected chi connectivity index (χ3v) is 7.57. The number of hydrogen-bond donors (Lipinski definition) is 5. The van der Waals surface area contributed by atoms with Gasteiger partial charge in [-0.25, -0.2) is 9.97 Å². The molecule has 39 heavy (non-hydrogen) atoms. The van der Waals surface area contributed by atoms with E-state index < -0.39 is 23.9 Å². The molecule has 1 aliphatic rings. The predicted octanol–water partition coefficient (Wildman–Crippen LogP) is 4.31. The molecule has 0 fully saturated rings. The van der Waals surface area contributed by atoms with Gasteiger partial charge in [-0.2, -0.15) is 0 Å². The first-order valence-corrected chi connectivity index (χ1v) is 13.6. The second kappa shape index (κ2) is 12.2. The van der Waals surface area contributed by atoms with Crippen LogP contribution in [0.5, 0.6) is 5.75 Å². The number of fused-ring (bicyclic) bond motifs is 1. The number of rotatable bonds is 8. The molecule has 2 amide bonds. The third kappa shape index (κ3) is 6.25. The number of thiophene rings is 1. The minimum Gasteiger partial charge on any atom is -0.478 e. The van der Waals surface area contributed by atoms with Gasteiger partial charge in [0.15, 0.2) is 28.6 Å².